The molecule has 0 radical (unpaired) electrons. The molecule has 0 saturated heterocycles. The first-order valence-corrected chi connectivity index (χ1v) is 10.9. The highest BCUT2D eigenvalue weighted by Gasteiger charge is 2.02. The molecule has 0 aliphatic heterocycles. The topological polar surface area (TPSA) is 52.6 Å². The van der Waals surface area contributed by atoms with Crippen LogP contribution in [0.5, 0.6) is 0 Å². The highest BCUT2D eigenvalue weighted by molar-refractivity contribution is 5.69. The van der Waals surface area contributed by atoms with Crippen molar-refractivity contribution in [2.45, 2.75) is 90.9 Å². The van der Waals surface area contributed by atoms with E-state index < -0.39 is 0 Å². The van der Waals surface area contributed by atoms with E-state index >= 15 is 0 Å². The van der Waals surface area contributed by atoms with Crippen molar-refractivity contribution in [1.82, 2.24) is 0 Å². The Hall–Kier alpha value is -1.84. The fourth-order valence-electron chi connectivity index (χ4n) is 2.54. The molecular formula is C24H40O4. The van der Waals surface area contributed by atoms with Crippen molar-refractivity contribution >= 4 is 11.9 Å². The Kier molecular flexibility index (Phi) is 20.0. The molecule has 0 unspecified atom stereocenters. The molecule has 0 N–H and O–H groups in total. The van der Waals surface area contributed by atoms with Crippen LogP contribution in [0.2, 0.25) is 0 Å². The van der Waals surface area contributed by atoms with Crippen LogP contribution in [0.3, 0.4) is 0 Å². The van der Waals surface area contributed by atoms with E-state index in [9.17, 15) is 9.59 Å². The van der Waals surface area contributed by atoms with E-state index in [1.165, 1.54) is 0 Å². The van der Waals surface area contributed by atoms with Gasteiger partial charge in [0.2, 0.25) is 0 Å². The van der Waals surface area contributed by atoms with Crippen LogP contribution in [0, 0.1) is 0 Å². The lowest BCUT2D eigenvalue weighted by atomic mass is 10.2. The maximum absolute atomic E-state index is 11.6. The van der Waals surface area contributed by atoms with Crippen LogP contribution in [0.25, 0.3) is 0 Å². The molecular weight excluding hydrogens is 352 g/mol. The summed E-state index contributed by atoms with van der Waals surface area (Å²) in [5, 5.41) is 0. The van der Waals surface area contributed by atoms with Crippen molar-refractivity contribution < 1.29 is 19.1 Å². The van der Waals surface area contributed by atoms with Gasteiger partial charge in [0.15, 0.2) is 0 Å². The molecule has 0 atom stereocenters. The number of carbonyl (C=O) groups excluding carboxylic acids is 2. The van der Waals surface area contributed by atoms with E-state index in [2.05, 4.69) is 24.3 Å². The Morgan fingerprint density at radius 3 is 1.36 bits per heavy atom. The summed E-state index contributed by atoms with van der Waals surface area (Å²) in [7, 11) is 0. The lowest BCUT2D eigenvalue weighted by Gasteiger charge is -2.03. The SMILES string of the molecule is C/C=C\CCCCOC(=O)CCC/C=C/CCCC(=O)OCCCC/C=C/C. The minimum Gasteiger partial charge on any atom is -0.466 e. The molecule has 0 bridgehead atoms. The first-order valence-electron chi connectivity index (χ1n) is 10.9. The number of ether oxygens (including phenoxy) is 2. The minimum absolute atomic E-state index is 0.104. The van der Waals surface area contributed by atoms with Crippen LogP contribution < -0.4 is 0 Å². The second kappa shape index (κ2) is 21.5. The Labute approximate surface area is 172 Å². The van der Waals surface area contributed by atoms with Crippen LogP contribution in [-0.2, 0) is 19.1 Å². The molecule has 0 saturated carbocycles. The van der Waals surface area contributed by atoms with E-state index in [0.717, 1.165) is 64.2 Å². The number of hydrogen-bond acceptors (Lipinski definition) is 4. The molecule has 160 valence electrons. The van der Waals surface area contributed by atoms with Crippen molar-refractivity contribution in [3.05, 3.63) is 36.5 Å². The van der Waals surface area contributed by atoms with E-state index in [0.29, 0.717) is 26.1 Å². The van der Waals surface area contributed by atoms with E-state index in [4.69, 9.17) is 9.47 Å². The predicted octanol–water partition coefficient (Wildman–Crippen LogP) is 6.46. The minimum atomic E-state index is -0.104. The van der Waals surface area contributed by atoms with Crippen LogP contribution in [-0.4, -0.2) is 25.2 Å². The molecule has 0 aromatic carbocycles. The standard InChI is InChI=1S/C24H40O4/c1-3-5-7-13-17-21-27-23(25)19-15-11-9-10-12-16-20-24(26)28-22-18-14-8-6-4-2/h3-6,9-10H,7-8,11-22H2,1-2H3/b5-3-,6-4+,10-9+. The van der Waals surface area contributed by atoms with Crippen LogP contribution >= 0.6 is 0 Å². The lowest BCUT2D eigenvalue weighted by Crippen LogP contribution is -2.05. The fourth-order valence-corrected chi connectivity index (χ4v) is 2.54. The van der Waals surface area contributed by atoms with E-state index in [-0.39, 0.29) is 11.9 Å². The Morgan fingerprint density at radius 2 is 0.964 bits per heavy atom. The number of allylic oxidation sites excluding steroid dienone is 6. The fraction of sp³-hybridized carbons (Fsp3) is 0.667. The number of hydrogen-bond donors (Lipinski definition) is 0. The highest BCUT2D eigenvalue weighted by Crippen LogP contribution is 2.05. The molecule has 0 aromatic rings. The van der Waals surface area contributed by atoms with Gasteiger partial charge >= 0.3 is 11.9 Å². The predicted molar refractivity (Wildman–Crippen MR) is 116 cm³/mol. The number of unbranched alkanes of at least 4 members (excludes halogenated alkanes) is 6. The smallest absolute Gasteiger partial charge is 0.305 e. The molecule has 4 nitrogen and oxygen atoms in total. The second-order valence-corrected chi connectivity index (χ2v) is 6.83. The Balaban J connectivity index is 3.40. The van der Waals surface area contributed by atoms with Crippen molar-refractivity contribution in [3.63, 3.8) is 0 Å². The van der Waals surface area contributed by atoms with Crippen molar-refractivity contribution in [3.8, 4) is 0 Å². The Morgan fingerprint density at radius 1 is 0.571 bits per heavy atom. The monoisotopic (exact) mass is 392 g/mol. The summed E-state index contributed by atoms with van der Waals surface area (Å²) < 4.78 is 10.4. The van der Waals surface area contributed by atoms with Crippen molar-refractivity contribution in [1.29, 1.82) is 0 Å². The Bertz CT molecular complexity index is 421. The van der Waals surface area contributed by atoms with Gasteiger partial charge in [0.1, 0.15) is 0 Å². The summed E-state index contributed by atoms with van der Waals surface area (Å²) in [5.41, 5.74) is 0. The van der Waals surface area contributed by atoms with E-state index in [1.807, 2.05) is 26.0 Å². The maximum Gasteiger partial charge on any atom is 0.305 e. The van der Waals surface area contributed by atoms with Gasteiger partial charge < -0.3 is 9.47 Å². The first-order chi connectivity index (χ1) is 13.7. The van der Waals surface area contributed by atoms with Gasteiger partial charge in [-0.15, -0.1) is 0 Å². The normalized spacial score (nSPS) is 11.6. The van der Waals surface area contributed by atoms with Gasteiger partial charge in [-0.05, 0) is 78.1 Å². The number of rotatable bonds is 18. The quantitative estimate of drug-likeness (QED) is 0.152. The zero-order valence-electron chi connectivity index (χ0n) is 18.0. The molecule has 0 aliphatic rings. The number of carbonyl (C=O) groups is 2. The van der Waals surface area contributed by atoms with Crippen LogP contribution in [0.1, 0.15) is 90.9 Å². The largest absolute Gasteiger partial charge is 0.466 e. The average molecular weight is 393 g/mol. The summed E-state index contributed by atoms with van der Waals surface area (Å²) in [6.07, 6.45) is 22.9. The average Bonchev–Trinajstić information content (AvgIpc) is 2.69. The molecule has 0 rings (SSSR count). The number of esters is 2. The zero-order chi connectivity index (χ0) is 20.7. The molecule has 0 heterocycles. The highest BCUT2D eigenvalue weighted by atomic mass is 16.5. The van der Waals surface area contributed by atoms with Gasteiger partial charge in [-0.2, -0.15) is 0 Å². The third-order valence-electron chi connectivity index (χ3n) is 4.20. The van der Waals surface area contributed by atoms with Gasteiger partial charge in [-0.25, -0.2) is 0 Å². The second-order valence-electron chi connectivity index (χ2n) is 6.83. The molecule has 0 fully saturated rings. The van der Waals surface area contributed by atoms with Crippen LogP contribution in [0.4, 0.5) is 0 Å². The van der Waals surface area contributed by atoms with Gasteiger partial charge in [0, 0.05) is 12.8 Å². The summed E-state index contributed by atoms with van der Waals surface area (Å²) in [6, 6.07) is 0. The van der Waals surface area contributed by atoms with Gasteiger partial charge in [-0.3, -0.25) is 9.59 Å². The molecule has 0 aliphatic carbocycles. The summed E-state index contributed by atoms with van der Waals surface area (Å²) in [5.74, 6) is -0.208. The maximum atomic E-state index is 11.6. The van der Waals surface area contributed by atoms with Gasteiger partial charge in [0.05, 0.1) is 13.2 Å². The van der Waals surface area contributed by atoms with E-state index in [1.54, 1.807) is 0 Å². The summed E-state index contributed by atoms with van der Waals surface area (Å²) in [4.78, 5) is 23.2. The lowest BCUT2D eigenvalue weighted by molar-refractivity contribution is -0.144. The van der Waals surface area contributed by atoms with Crippen molar-refractivity contribution in [2.75, 3.05) is 13.2 Å². The third kappa shape index (κ3) is 20.5. The molecule has 0 aromatic heterocycles. The molecule has 0 spiro atoms. The van der Waals surface area contributed by atoms with Crippen LogP contribution in [0.15, 0.2) is 36.5 Å². The first kappa shape index (κ1) is 26.2. The van der Waals surface area contributed by atoms with Crippen molar-refractivity contribution in [2.24, 2.45) is 0 Å². The molecule has 0 amide bonds. The molecule has 28 heavy (non-hydrogen) atoms. The summed E-state index contributed by atoms with van der Waals surface area (Å²) >= 11 is 0. The van der Waals surface area contributed by atoms with Gasteiger partial charge in [-0.1, -0.05) is 36.5 Å². The third-order valence-corrected chi connectivity index (χ3v) is 4.20. The zero-order valence-corrected chi connectivity index (χ0v) is 18.0. The summed E-state index contributed by atoms with van der Waals surface area (Å²) in [6.45, 7) is 5.08. The molecule has 4 heteroatoms. The van der Waals surface area contributed by atoms with Gasteiger partial charge in [0.25, 0.3) is 0 Å².